The van der Waals surface area contributed by atoms with Gasteiger partial charge in [0.15, 0.2) is 0 Å². The molecule has 0 aromatic rings. The molecule has 2 aliphatic heterocycles. The summed E-state index contributed by atoms with van der Waals surface area (Å²) >= 11 is 1.11. The van der Waals surface area contributed by atoms with E-state index in [2.05, 4.69) is 4.90 Å². The molecule has 2 amide bonds. The number of imide groups is 1. The molecule has 4 nitrogen and oxygen atoms in total. The summed E-state index contributed by atoms with van der Waals surface area (Å²) in [6, 6.07) is 0. The highest BCUT2D eigenvalue weighted by Gasteiger charge is 2.29. The molecule has 2 rings (SSSR count). The lowest BCUT2D eigenvalue weighted by atomic mass is 10.4. The summed E-state index contributed by atoms with van der Waals surface area (Å²) in [4.78, 5) is 26.2. The van der Waals surface area contributed by atoms with Gasteiger partial charge < -0.3 is 4.90 Å². The number of nitrogens with zero attached hydrogens (tertiary/aromatic N) is 2. The van der Waals surface area contributed by atoms with Gasteiger partial charge >= 0.3 is 0 Å². The third-order valence-corrected chi connectivity index (χ3v) is 3.54. The van der Waals surface area contributed by atoms with E-state index in [-0.39, 0.29) is 11.1 Å². The Labute approximate surface area is 87.6 Å². The third-order valence-electron chi connectivity index (χ3n) is 2.68. The molecule has 0 spiro atoms. The molecule has 2 heterocycles. The minimum atomic E-state index is -0.0748. The van der Waals surface area contributed by atoms with Crippen molar-refractivity contribution < 1.29 is 9.59 Å². The fraction of sp³-hybridized carbons (Fsp3) is 0.778. The number of likely N-dealkylation sites (tertiary alicyclic amines) is 1. The number of hydrogen-bond acceptors (Lipinski definition) is 4. The maximum Gasteiger partial charge on any atom is 0.288 e. The first-order valence-electron chi connectivity index (χ1n) is 4.97. The first-order valence-corrected chi connectivity index (χ1v) is 5.95. The standard InChI is InChI=1S/C9H14N2O2S/c12-8-7-14-9(13)11(8)6-5-10-3-1-2-4-10/h1-7H2. The van der Waals surface area contributed by atoms with Crippen molar-refractivity contribution in [1.82, 2.24) is 9.80 Å². The van der Waals surface area contributed by atoms with Gasteiger partial charge in [0, 0.05) is 13.1 Å². The fourth-order valence-electron chi connectivity index (χ4n) is 1.84. The zero-order valence-electron chi connectivity index (χ0n) is 8.07. The van der Waals surface area contributed by atoms with Crippen molar-refractivity contribution in [3.05, 3.63) is 0 Å². The van der Waals surface area contributed by atoms with Crippen molar-refractivity contribution in [3.8, 4) is 0 Å². The average molecular weight is 214 g/mol. The fourth-order valence-corrected chi connectivity index (χ4v) is 2.60. The molecule has 0 atom stereocenters. The first-order chi connectivity index (χ1) is 6.77. The van der Waals surface area contributed by atoms with Gasteiger partial charge in [0.05, 0.1) is 5.75 Å². The summed E-state index contributed by atoms with van der Waals surface area (Å²) in [6.45, 7) is 3.65. The molecule has 0 unspecified atom stereocenters. The summed E-state index contributed by atoms with van der Waals surface area (Å²) in [5.74, 6) is 0.304. The van der Waals surface area contributed by atoms with Gasteiger partial charge in [-0.3, -0.25) is 14.5 Å². The molecule has 0 aliphatic carbocycles. The SMILES string of the molecule is O=C1CSC(=O)N1CCN1CCCC1. The quantitative estimate of drug-likeness (QED) is 0.696. The molecule has 0 N–H and O–H groups in total. The third kappa shape index (κ3) is 2.09. The van der Waals surface area contributed by atoms with E-state index in [1.807, 2.05) is 0 Å². The van der Waals surface area contributed by atoms with Crippen LogP contribution in [-0.4, -0.2) is 52.9 Å². The molecule has 5 heteroatoms. The van der Waals surface area contributed by atoms with Crippen LogP contribution in [0.25, 0.3) is 0 Å². The molecule has 0 aromatic carbocycles. The highest BCUT2D eigenvalue weighted by Crippen LogP contribution is 2.18. The Morgan fingerprint density at radius 2 is 1.86 bits per heavy atom. The van der Waals surface area contributed by atoms with E-state index in [0.29, 0.717) is 12.3 Å². The number of carbonyl (C=O) groups is 2. The smallest absolute Gasteiger partial charge is 0.288 e. The molecule has 2 aliphatic rings. The van der Waals surface area contributed by atoms with Gasteiger partial charge in [-0.2, -0.15) is 0 Å². The van der Waals surface area contributed by atoms with Crippen LogP contribution in [0.3, 0.4) is 0 Å². The molecular weight excluding hydrogens is 200 g/mol. The highest BCUT2D eigenvalue weighted by molar-refractivity contribution is 8.14. The Bertz CT molecular complexity index is 235. The van der Waals surface area contributed by atoms with Crippen LogP contribution >= 0.6 is 11.8 Å². The maximum atomic E-state index is 11.3. The Kier molecular flexibility index (Phi) is 3.08. The lowest BCUT2D eigenvalue weighted by molar-refractivity contribution is -0.124. The number of carbonyl (C=O) groups excluding carboxylic acids is 2. The molecular formula is C9H14N2O2S. The van der Waals surface area contributed by atoms with E-state index in [9.17, 15) is 9.59 Å². The molecule has 78 valence electrons. The largest absolute Gasteiger partial charge is 0.302 e. The van der Waals surface area contributed by atoms with Crippen LogP contribution in [0.4, 0.5) is 4.79 Å². The van der Waals surface area contributed by atoms with Crippen LogP contribution in [0.15, 0.2) is 0 Å². The van der Waals surface area contributed by atoms with E-state index in [0.717, 1.165) is 31.4 Å². The van der Waals surface area contributed by atoms with Crippen LogP contribution in [0.1, 0.15) is 12.8 Å². The van der Waals surface area contributed by atoms with Crippen LogP contribution in [0, 0.1) is 0 Å². The van der Waals surface area contributed by atoms with E-state index >= 15 is 0 Å². The van der Waals surface area contributed by atoms with Crippen molar-refractivity contribution in [1.29, 1.82) is 0 Å². The summed E-state index contributed by atoms with van der Waals surface area (Å²) in [7, 11) is 0. The van der Waals surface area contributed by atoms with Crippen LogP contribution in [0.2, 0.25) is 0 Å². The summed E-state index contributed by atoms with van der Waals surface area (Å²) < 4.78 is 0. The summed E-state index contributed by atoms with van der Waals surface area (Å²) in [5.41, 5.74) is 0. The Hall–Kier alpha value is -0.550. The van der Waals surface area contributed by atoms with Crippen LogP contribution < -0.4 is 0 Å². The van der Waals surface area contributed by atoms with Gasteiger partial charge in [-0.05, 0) is 25.9 Å². The van der Waals surface area contributed by atoms with Crippen molar-refractivity contribution in [3.63, 3.8) is 0 Å². The maximum absolute atomic E-state index is 11.3. The van der Waals surface area contributed by atoms with Gasteiger partial charge in [-0.25, -0.2) is 0 Å². The second kappa shape index (κ2) is 4.31. The Balaban J connectivity index is 1.78. The molecule has 0 saturated carbocycles. The van der Waals surface area contributed by atoms with Gasteiger partial charge in [-0.1, -0.05) is 11.8 Å². The Morgan fingerprint density at radius 1 is 1.14 bits per heavy atom. The molecule has 14 heavy (non-hydrogen) atoms. The molecule has 0 bridgehead atoms. The van der Waals surface area contributed by atoms with Gasteiger partial charge in [0.25, 0.3) is 5.24 Å². The van der Waals surface area contributed by atoms with Crippen LogP contribution in [-0.2, 0) is 4.79 Å². The topological polar surface area (TPSA) is 40.6 Å². The summed E-state index contributed by atoms with van der Waals surface area (Å²) in [6.07, 6.45) is 2.49. The minimum Gasteiger partial charge on any atom is -0.302 e. The number of rotatable bonds is 3. The van der Waals surface area contributed by atoms with E-state index in [1.54, 1.807) is 0 Å². The highest BCUT2D eigenvalue weighted by atomic mass is 32.2. The van der Waals surface area contributed by atoms with E-state index in [4.69, 9.17) is 0 Å². The molecule has 0 radical (unpaired) electrons. The molecule has 2 saturated heterocycles. The Morgan fingerprint density at radius 3 is 2.43 bits per heavy atom. The molecule has 0 aromatic heterocycles. The second-order valence-electron chi connectivity index (χ2n) is 3.65. The van der Waals surface area contributed by atoms with E-state index in [1.165, 1.54) is 17.7 Å². The van der Waals surface area contributed by atoms with E-state index < -0.39 is 0 Å². The minimum absolute atomic E-state index is 0.0285. The normalized spacial score (nSPS) is 23.9. The molecule has 2 fully saturated rings. The average Bonchev–Trinajstić information content (AvgIpc) is 2.76. The zero-order chi connectivity index (χ0) is 9.97. The van der Waals surface area contributed by atoms with Crippen LogP contribution in [0.5, 0.6) is 0 Å². The number of hydrogen-bond donors (Lipinski definition) is 0. The van der Waals surface area contributed by atoms with Crippen molar-refractivity contribution >= 4 is 22.9 Å². The zero-order valence-corrected chi connectivity index (χ0v) is 8.89. The summed E-state index contributed by atoms with van der Waals surface area (Å²) in [5, 5.41) is -0.0748. The van der Waals surface area contributed by atoms with Crippen molar-refractivity contribution in [2.24, 2.45) is 0 Å². The van der Waals surface area contributed by atoms with Gasteiger partial charge in [0.2, 0.25) is 5.91 Å². The lowest BCUT2D eigenvalue weighted by Gasteiger charge is -2.18. The van der Waals surface area contributed by atoms with Crippen molar-refractivity contribution in [2.45, 2.75) is 12.8 Å². The number of amides is 2. The first kappa shape index (κ1) is 9.98. The second-order valence-corrected chi connectivity index (χ2v) is 4.58. The predicted octanol–water partition coefficient (Wildman–Crippen LogP) is 0.778. The number of thioether (sulfide) groups is 1. The van der Waals surface area contributed by atoms with Gasteiger partial charge in [-0.15, -0.1) is 0 Å². The van der Waals surface area contributed by atoms with Gasteiger partial charge in [0.1, 0.15) is 0 Å². The predicted molar refractivity (Wildman–Crippen MR) is 55.2 cm³/mol. The monoisotopic (exact) mass is 214 g/mol. The lowest BCUT2D eigenvalue weighted by Crippen LogP contribution is -2.36. The van der Waals surface area contributed by atoms with Crippen molar-refractivity contribution in [2.75, 3.05) is 31.9 Å².